The second-order valence-corrected chi connectivity index (χ2v) is 4.64. The number of hydrogen-bond donors (Lipinski definition) is 2. The van der Waals surface area contributed by atoms with Crippen LogP contribution in [-0.2, 0) is 0 Å². The monoisotopic (exact) mass is 185 g/mol. The first-order valence-corrected chi connectivity index (χ1v) is 5.58. The van der Waals surface area contributed by atoms with Crippen molar-refractivity contribution in [2.45, 2.75) is 45.6 Å². The third kappa shape index (κ3) is 3.65. The molecule has 2 atom stereocenters. The zero-order valence-corrected chi connectivity index (χ0v) is 8.92. The van der Waals surface area contributed by atoms with Crippen LogP contribution in [0.2, 0.25) is 0 Å². The number of rotatable bonds is 4. The van der Waals surface area contributed by atoms with Crippen molar-refractivity contribution in [1.29, 1.82) is 0 Å². The van der Waals surface area contributed by atoms with Gasteiger partial charge in [0.25, 0.3) is 0 Å². The van der Waals surface area contributed by atoms with Crippen molar-refractivity contribution in [3.63, 3.8) is 0 Å². The Morgan fingerprint density at radius 3 is 2.62 bits per heavy atom. The fourth-order valence-corrected chi connectivity index (χ4v) is 2.08. The van der Waals surface area contributed by atoms with Crippen molar-refractivity contribution >= 4 is 0 Å². The Kier molecular flexibility index (Phi) is 4.74. The highest BCUT2D eigenvalue weighted by Gasteiger charge is 2.23. The highest BCUT2D eigenvalue weighted by atomic mass is 16.3. The quantitative estimate of drug-likeness (QED) is 0.700. The Balaban J connectivity index is 2.27. The van der Waals surface area contributed by atoms with Gasteiger partial charge in [-0.25, -0.2) is 0 Å². The first-order valence-electron chi connectivity index (χ1n) is 5.58. The summed E-state index contributed by atoms with van der Waals surface area (Å²) in [6.45, 7) is 5.89. The van der Waals surface area contributed by atoms with E-state index in [1.807, 2.05) is 0 Å². The maximum absolute atomic E-state index is 9.19. The molecule has 1 fully saturated rings. The average molecular weight is 185 g/mol. The summed E-state index contributed by atoms with van der Waals surface area (Å²) < 4.78 is 0. The van der Waals surface area contributed by atoms with E-state index in [2.05, 4.69) is 19.2 Å². The Morgan fingerprint density at radius 1 is 1.31 bits per heavy atom. The van der Waals surface area contributed by atoms with Gasteiger partial charge in [-0.15, -0.1) is 0 Å². The van der Waals surface area contributed by atoms with Gasteiger partial charge in [0.1, 0.15) is 0 Å². The molecule has 0 saturated heterocycles. The van der Waals surface area contributed by atoms with E-state index in [4.69, 9.17) is 0 Å². The molecule has 78 valence electrons. The lowest BCUT2D eigenvalue weighted by molar-refractivity contribution is 0.151. The Morgan fingerprint density at radius 2 is 2.00 bits per heavy atom. The van der Waals surface area contributed by atoms with Gasteiger partial charge in [-0.1, -0.05) is 26.7 Å². The molecule has 0 heterocycles. The maximum atomic E-state index is 9.19. The first kappa shape index (κ1) is 11.0. The fraction of sp³-hybridized carbons (Fsp3) is 1.00. The number of hydrogen-bond acceptors (Lipinski definition) is 2. The molecule has 0 aromatic heterocycles. The SMILES string of the molecule is CC(C)CNC1CCCCC1CO. The van der Waals surface area contributed by atoms with Crippen molar-refractivity contribution in [1.82, 2.24) is 5.32 Å². The molecule has 2 N–H and O–H groups in total. The lowest BCUT2D eigenvalue weighted by Crippen LogP contribution is -2.41. The molecule has 0 aromatic rings. The summed E-state index contributed by atoms with van der Waals surface area (Å²) >= 11 is 0. The topological polar surface area (TPSA) is 32.3 Å². The van der Waals surface area contributed by atoms with Crippen LogP contribution in [0.15, 0.2) is 0 Å². The van der Waals surface area contributed by atoms with E-state index in [0.717, 1.165) is 6.54 Å². The molecule has 0 radical (unpaired) electrons. The van der Waals surface area contributed by atoms with Crippen molar-refractivity contribution < 1.29 is 5.11 Å². The lowest BCUT2D eigenvalue weighted by Gasteiger charge is -2.31. The minimum Gasteiger partial charge on any atom is -0.396 e. The van der Waals surface area contributed by atoms with E-state index < -0.39 is 0 Å². The third-order valence-corrected chi connectivity index (χ3v) is 2.93. The van der Waals surface area contributed by atoms with Crippen LogP contribution in [0.4, 0.5) is 0 Å². The number of aliphatic hydroxyl groups is 1. The molecule has 2 nitrogen and oxygen atoms in total. The normalized spacial score (nSPS) is 29.5. The lowest BCUT2D eigenvalue weighted by atomic mass is 9.85. The summed E-state index contributed by atoms with van der Waals surface area (Å²) in [6.07, 6.45) is 5.07. The van der Waals surface area contributed by atoms with Gasteiger partial charge in [0.2, 0.25) is 0 Å². The standard InChI is InChI=1S/C11H23NO/c1-9(2)7-12-11-6-4-3-5-10(11)8-13/h9-13H,3-8H2,1-2H3. The highest BCUT2D eigenvalue weighted by Crippen LogP contribution is 2.23. The summed E-state index contributed by atoms with van der Waals surface area (Å²) in [5, 5.41) is 12.7. The predicted molar refractivity (Wildman–Crippen MR) is 55.7 cm³/mol. The van der Waals surface area contributed by atoms with Gasteiger partial charge in [0, 0.05) is 12.6 Å². The Labute approximate surface area is 81.7 Å². The molecule has 0 amide bonds. The Bertz CT molecular complexity index is 136. The summed E-state index contributed by atoms with van der Waals surface area (Å²) in [6, 6.07) is 0.571. The van der Waals surface area contributed by atoms with Gasteiger partial charge < -0.3 is 10.4 Å². The minimum atomic E-state index is 0.357. The second kappa shape index (κ2) is 5.61. The number of aliphatic hydroxyl groups excluding tert-OH is 1. The summed E-state index contributed by atoms with van der Waals surface area (Å²) in [4.78, 5) is 0. The molecule has 0 spiro atoms. The third-order valence-electron chi connectivity index (χ3n) is 2.93. The van der Waals surface area contributed by atoms with Crippen molar-refractivity contribution in [3.05, 3.63) is 0 Å². The molecule has 0 aliphatic heterocycles. The summed E-state index contributed by atoms with van der Waals surface area (Å²) in [7, 11) is 0. The van der Waals surface area contributed by atoms with Gasteiger partial charge in [0.05, 0.1) is 0 Å². The van der Waals surface area contributed by atoms with E-state index in [0.29, 0.717) is 24.5 Å². The molecule has 1 aliphatic rings. The van der Waals surface area contributed by atoms with E-state index in [1.54, 1.807) is 0 Å². The molecular weight excluding hydrogens is 162 g/mol. The number of nitrogens with one attached hydrogen (secondary N) is 1. The van der Waals surface area contributed by atoms with Crippen LogP contribution in [0, 0.1) is 11.8 Å². The molecule has 1 saturated carbocycles. The van der Waals surface area contributed by atoms with Gasteiger partial charge in [-0.2, -0.15) is 0 Å². The molecule has 1 rings (SSSR count). The van der Waals surface area contributed by atoms with Crippen LogP contribution < -0.4 is 5.32 Å². The maximum Gasteiger partial charge on any atom is 0.0474 e. The summed E-state index contributed by atoms with van der Waals surface area (Å²) in [5.41, 5.74) is 0. The van der Waals surface area contributed by atoms with E-state index in [1.165, 1.54) is 25.7 Å². The van der Waals surface area contributed by atoms with Crippen molar-refractivity contribution in [3.8, 4) is 0 Å². The molecule has 1 aliphatic carbocycles. The van der Waals surface area contributed by atoms with Crippen LogP contribution in [0.3, 0.4) is 0 Å². The van der Waals surface area contributed by atoms with Crippen LogP contribution in [0.5, 0.6) is 0 Å². The van der Waals surface area contributed by atoms with Crippen LogP contribution in [0.25, 0.3) is 0 Å². The Hall–Kier alpha value is -0.0800. The zero-order chi connectivity index (χ0) is 9.68. The zero-order valence-electron chi connectivity index (χ0n) is 8.92. The van der Waals surface area contributed by atoms with Crippen LogP contribution >= 0.6 is 0 Å². The molecule has 2 unspecified atom stereocenters. The summed E-state index contributed by atoms with van der Waals surface area (Å²) in [5.74, 6) is 1.22. The van der Waals surface area contributed by atoms with Gasteiger partial charge in [-0.3, -0.25) is 0 Å². The fourth-order valence-electron chi connectivity index (χ4n) is 2.08. The second-order valence-electron chi connectivity index (χ2n) is 4.64. The molecule has 0 bridgehead atoms. The molecule has 2 heteroatoms. The average Bonchev–Trinajstić information content (AvgIpc) is 2.15. The van der Waals surface area contributed by atoms with Crippen LogP contribution in [0.1, 0.15) is 39.5 Å². The molecule has 0 aromatic carbocycles. The van der Waals surface area contributed by atoms with Gasteiger partial charge >= 0.3 is 0 Å². The highest BCUT2D eigenvalue weighted by molar-refractivity contribution is 4.80. The predicted octanol–water partition coefficient (Wildman–Crippen LogP) is 1.78. The first-order chi connectivity index (χ1) is 6.24. The van der Waals surface area contributed by atoms with E-state index in [9.17, 15) is 5.11 Å². The minimum absolute atomic E-state index is 0.357. The molecular formula is C11H23NO. The van der Waals surface area contributed by atoms with E-state index >= 15 is 0 Å². The van der Waals surface area contributed by atoms with Gasteiger partial charge in [0.15, 0.2) is 0 Å². The van der Waals surface area contributed by atoms with Crippen molar-refractivity contribution in [2.24, 2.45) is 11.8 Å². The van der Waals surface area contributed by atoms with Crippen molar-refractivity contribution in [2.75, 3.05) is 13.2 Å². The molecule has 13 heavy (non-hydrogen) atoms. The van der Waals surface area contributed by atoms with Gasteiger partial charge in [-0.05, 0) is 31.2 Å². The van der Waals surface area contributed by atoms with E-state index in [-0.39, 0.29) is 0 Å². The van der Waals surface area contributed by atoms with Crippen LogP contribution in [-0.4, -0.2) is 24.3 Å². The largest absolute Gasteiger partial charge is 0.396 e. The smallest absolute Gasteiger partial charge is 0.0474 e.